The summed E-state index contributed by atoms with van der Waals surface area (Å²) in [6, 6.07) is 0.230. The summed E-state index contributed by atoms with van der Waals surface area (Å²) in [5, 5.41) is 3.29. The molecule has 0 spiro atoms. The highest BCUT2D eigenvalue weighted by molar-refractivity contribution is 5.69. The van der Waals surface area contributed by atoms with Crippen molar-refractivity contribution in [3.05, 3.63) is 0 Å². The molecule has 0 aromatic rings. The average Bonchev–Trinajstić information content (AvgIpc) is 2.75. The van der Waals surface area contributed by atoms with Crippen LogP contribution in [0.2, 0.25) is 0 Å². The van der Waals surface area contributed by atoms with Crippen LogP contribution in [-0.4, -0.2) is 49.4 Å². The van der Waals surface area contributed by atoms with Gasteiger partial charge in [0.25, 0.3) is 0 Å². The fourth-order valence-electron chi connectivity index (χ4n) is 2.54. The highest BCUT2D eigenvalue weighted by Gasteiger charge is 2.38. The molecular formula is C11H18N2O4. The first-order chi connectivity index (χ1) is 8.18. The van der Waals surface area contributed by atoms with E-state index in [2.05, 4.69) is 10.1 Å². The Hall–Kier alpha value is -1.30. The number of esters is 1. The van der Waals surface area contributed by atoms with Crippen LogP contribution in [-0.2, 0) is 14.3 Å². The van der Waals surface area contributed by atoms with Crippen molar-refractivity contribution in [1.82, 2.24) is 10.2 Å². The molecule has 0 bridgehead atoms. The van der Waals surface area contributed by atoms with Crippen molar-refractivity contribution < 1.29 is 19.1 Å². The molecule has 96 valence electrons. The lowest BCUT2D eigenvalue weighted by molar-refractivity contribution is -0.149. The Morgan fingerprint density at radius 3 is 2.94 bits per heavy atom. The highest BCUT2D eigenvalue weighted by atomic mass is 16.7. The van der Waals surface area contributed by atoms with Gasteiger partial charge in [0.05, 0.1) is 6.04 Å². The third-order valence-electron chi connectivity index (χ3n) is 3.36. The lowest BCUT2D eigenvalue weighted by Gasteiger charge is -2.35. The summed E-state index contributed by atoms with van der Waals surface area (Å²) in [7, 11) is 0. The van der Waals surface area contributed by atoms with E-state index in [1.807, 2.05) is 0 Å². The van der Waals surface area contributed by atoms with Crippen LogP contribution >= 0.6 is 0 Å². The molecule has 0 aromatic carbocycles. The van der Waals surface area contributed by atoms with Crippen LogP contribution in [0.25, 0.3) is 0 Å². The lowest BCUT2D eigenvalue weighted by Crippen LogP contribution is -2.48. The molecule has 0 saturated carbocycles. The van der Waals surface area contributed by atoms with E-state index in [4.69, 9.17) is 4.74 Å². The molecule has 2 rings (SSSR count). The van der Waals surface area contributed by atoms with Crippen LogP contribution in [0.5, 0.6) is 0 Å². The minimum absolute atomic E-state index is 0.230. The third-order valence-corrected chi connectivity index (χ3v) is 3.36. The van der Waals surface area contributed by atoms with E-state index in [1.165, 1.54) is 6.92 Å². The van der Waals surface area contributed by atoms with Crippen LogP contribution in [0, 0.1) is 5.92 Å². The Balaban J connectivity index is 1.83. The van der Waals surface area contributed by atoms with Crippen LogP contribution < -0.4 is 5.32 Å². The molecule has 2 heterocycles. The van der Waals surface area contributed by atoms with Crippen molar-refractivity contribution in [2.24, 2.45) is 5.92 Å². The van der Waals surface area contributed by atoms with Gasteiger partial charge >= 0.3 is 12.1 Å². The molecule has 2 unspecified atom stereocenters. The quantitative estimate of drug-likeness (QED) is 0.558. The van der Waals surface area contributed by atoms with Gasteiger partial charge in [-0.2, -0.15) is 0 Å². The van der Waals surface area contributed by atoms with Crippen molar-refractivity contribution in [2.45, 2.75) is 25.8 Å². The molecular weight excluding hydrogens is 224 g/mol. The summed E-state index contributed by atoms with van der Waals surface area (Å²) < 4.78 is 9.51. The second-order valence-corrected chi connectivity index (χ2v) is 4.49. The van der Waals surface area contributed by atoms with Crippen molar-refractivity contribution >= 4 is 12.1 Å². The van der Waals surface area contributed by atoms with Crippen molar-refractivity contribution in [1.29, 1.82) is 0 Å². The van der Waals surface area contributed by atoms with Gasteiger partial charge < -0.3 is 19.7 Å². The molecule has 2 aliphatic rings. The maximum absolute atomic E-state index is 11.8. The molecule has 2 aliphatic heterocycles. The molecule has 0 aromatic heterocycles. The number of carbonyl (C=O) groups excluding carboxylic acids is 2. The van der Waals surface area contributed by atoms with Gasteiger partial charge in [-0.15, -0.1) is 0 Å². The van der Waals surface area contributed by atoms with Gasteiger partial charge in [0.1, 0.15) is 0 Å². The molecule has 1 amide bonds. The normalized spacial score (nSPS) is 27.5. The van der Waals surface area contributed by atoms with E-state index in [1.54, 1.807) is 4.90 Å². The zero-order valence-electron chi connectivity index (χ0n) is 9.98. The number of nitrogens with one attached hydrogen (secondary N) is 1. The second kappa shape index (κ2) is 5.35. The van der Waals surface area contributed by atoms with E-state index >= 15 is 0 Å². The van der Waals surface area contributed by atoms with Gasteiger partial charge in [-0.25, -0.2) is 4.79 Å². The van der Waals surface area contributed by atoms with Crippen molar-refractivity contribution in [3.63, 3.8) is 0 Å². The van der Waals surface area contributed by atoms with Crippen LogP contribution in [0.15, 0.2) is 0 Å². The number of piperidine rings is 1. The van der Waals surface area contributed by atoms with E-state index in [-0.39, 0.29) is 18.9 Å². The second-order valence-electron chi connectivity index (χ2n) is 4.49. The third kappa shape index (κ3) is 2.88. The highest BCUT2D eigenvalue weighted by Crippen LogP contribution is 2.26. The van der Waals surface area contributed by atoms with E-state index in [9.17, 15) is 9.59 Å². The van der Waals surface area contributed by atoms with Gasteiger partial charge in [0.2, 0.25) is 6.79 Å². The van der Waals surface area contributed by atoms with Crippen molar-refractivity contribution in [2.75, 3.05) is 26.4 Å². The smallest absolute Gasteiger partial charge is 0.412 e. The van der Waals surface area contributed by atoms with Crippen molar-refractivity contribution in [3.8, 4) is 0 Å². The fraction of sp³-hybridized carbons (Fsp3) is 0.818. The van der Waals surface area contributed by atoms with Gasteiger partial charge in [-0.1, -0.05) is 0 Å². The number of hydrogen-bond donors (Lipinski definition) is 1. The summed E-state index contributed by atoms with van der Waals surface area (Å²) in [6.07, 6.45) is 1.78. The molecule has 0 radical (unpaired) electrons. The van der Waals surface area contributed by atoms with Gasteiger partial charge in [0, 0.05) is 26.6 Å². The minimum Gasteiger partial charge on any atom is -0.428 e. The monoisotopic (exact) mass is 242 g/mol. The summed E-state index contributed by atoms with van der Waals surface area (Å²) in [6.45, 7) is 3.51. The standard InChI is InChI=1S/C11H18N2O4/c1-8(14)16-7-17-11(15)13-4-2-3-9-5-12-6-10(9)13/h9-10,12H,2-7H2,1H3. The largest absolute Gasteiger partial charge is 0.428 e. The Kier molecular flexibility index (Phi) is 3.83. The number of carbonyl (C=O) groups is 2. The topological polar surface area (TPSA) is 67.9 Å². The maximum atomic E-state index is 11.8. The molecule has 17 heavy (non-hydrogen) atoms. The first kappa shape index (κ1) is 12.2. The molecule has 2 atom stereocenters. The molecule has 2 fully saturated rings. The lowest BCUT2D eigenvalue weighted by atomic mass is 9.92. The Labute approximate surface area is 100 Å². The number of likely N-dealkylation sites (tertiary alicyclic amines) is 1. The number of amides is 1. The zero-order valence-corrected chi connectivity index (χ0v) is 9.98. The summed E-state index contributed by atoms with van der Waals surface area (Å²) in [5.74, 6) is 0.0851. The first-order valence-corrected chi connectivity index (χ1v) is 5.96. The molecule has 1 N–H and O–H groups in total. The van der Waals surface area contributed by atoms with Gasteiger partial charge in [-0.3, -0.25) is 4.79 Å². The molecule has 6 nitrogen and oxygen atoms in total. The Morgan fingerprint density at radius 1 is 1.35 bits per heavy atom. The summed E-state index contributed by atoms with van der Waals surface area (Å²) >= 11 is 0. The predicted molar refractivity (Wildman–Crippen MR) is 59.2 cm³/mol. The number of hydrogen-bond acceptors (Lipinski definition) is 5. The predicted octanol–water partition coefficient (Wildman–Crippen LogP) is 0.327. The van der Waals surface area contributed by atoms with E-state index in [0.29, 0.717) is 5.92 Å². The van der Waals surface area contributed by atoms with E-state index in [0.717, 1.165) is 32.5 Å². The minimum atomic E-state index is -0.447. The van der Waals surface area contributed by atoms with E-state index < -0.39 is 5.97 Å². The molecule has 0 aliphatic carbocycles. The zero-order chi connectivity index (χ0) is 12.3. The van der Waals surface area contributed by atoms with Gasteiger partial charge in [-0.05, 0) is 18.8 Å². The average molecular weight is 242 g/mol. The Morgan fingerprint density at radius 2 is 2.18 bits per heavy atom. The SMILES string of the molecule is CC(=O)OCOC(=O)N1CCCC2CNCC21. The van der Waals surface area contributed by atoms with Crippen LogP contribution in [0.1, 0.15) is 19.8 Å². The molecule has 6 heteroatoms. The number of ether oxygens (including phenoxy) is 2. The number of nitrogens with zero attached hydrogens (tertiary/aromatic N) is 1. The van der Waals surface area contributed by atoms with Crippen LogP contribution in [0.3, 0.4) is 0 Å². The first-order valence-electron chi connectivity index (χ1n) is 5.96. The fourth-order valence-corrected chi connectivity index (χ4v) is 2.54. The van der Waals surface area contributed by atoms with Gasteiger partial charge in [0.15, 0.2) is 0 Å². The summed E-state index contributed by atoms with van der Waals surface area (Å²) in [5.41, 5.74) is 0. The maximum Gasteiger partial charge on any atom is 0.412 e. The number of rotatable bonds is 2. The Bertz CT molecular complexity index is 308. The number of fused-ring (bicyclic) bond motifs is 1. The van der Waals surface area contributed by atoms with Crippen LogP contribution in [0.4, 0.5) is 4.79 Å². The summed E-state index contributed by atoms with van der Waals surface area (Å²) in [4.78, 5) is 24.1. The molecule has 2 saturated heterocycles.